The predicted octanol–water partition coefficient (Wildman–Crippen LogP) is 2.97. The Labute approximate surface area is 142 Å². The molecule has 0 fully saturated rings. The van der Waals surface area contributed by atoms with E-state index in [-0.39, 0.29) is 23.8 Å². The Morgan fingerprint density at radius 2 is 1.61 bits per heavy atom. The molecule has 0 atom stereocenters. The van der Waals surface area contributed by atoms with Crippen molar-refractivity contribution in [2.75, 3.05) is 12.3 Å². The van der Waals surface area contributed by atoms with Gasteiger partial charge in [-0.05, 0) is 61.2 Å². The van der Waals surface area contributed by atoms with Crippen LogP contribution in [0.4, 0.5) is 10.1 Å². The normalized spacial score (nSPS) is 11.1. The highest BCUT2D eigenvalue weighted by Gasteiger charge is 2.19. The molecule has 0 unspecified atom stereocenters. The molecule has 0 heterocycles. The molecule has 0 spiro atoms. The summed E-state index contributed by atoms with van der Waals surface area (Å²) in [4.78, 5) is 0.145. The number of anilines is 1. The van der Waals surface area contributed by atoms with E-state index < -0.39 is 15.8 Å². The Balaban J connectivity index is 0.00000264. The first kappa shape index (κ1) is 19.4. The lowest BCUT2D eigenvalue weighted by Crippen LogP contribution is -2.27. The maximum absolute atomic E-state index is 13.3. The average molecular weight is 359 g/mol. The SMILES string of the molecule is Cc1cc(F)cc(C)c1S(=O)(=O)NCCc1ccc(N)cc1.Cl. The van der Waals surface area contributed by atoms with Gasteiger partial charge in [-0.3, -0.25) is 0 Å². The number of nitrogen functional groups attached to an aromatic ring is 1. The van der Waals surface area contributed by atoms with E-state index in [0.29, 0.717) is 23.2 Å². The summed E-state index contributed by atoms with van der Waals surface area (Å²) < 4.78 is 40.6. The van der Waals surface area contributed by atoms with Crippen LogP contribution >= 0.6 is 12.4 Å². The van der Waals surface area contributed by atoms with E-state index in [1.54, 1.807) is 26.0 Å². The molecule has 0 aromatic heterocycles. The van der Waals surface area contributed by atoms with Gasteiger partial charge in [-0.25, -0.2) is 17.5 Å². The number of sulfonamides is 1. The molecule has 0 saturated heterocycles. The maximum Gasteiger partial charge on any atom is 0.241 e. The number of nitrogens with one attached hydrogen (secondary N) is 1. The van der Waals surface area contributed by atoms with Crippen LogP contribution in [0.5, 0.6) is 0 Å². The van der Waals surface area contributed by atoms with E-state index in [4.69, 9.17) is 5.73 Å². The van der Waals surface area contributed by atoms with Gasteiger partial charge >= 0.3 is 0 Å². The second-order valence-electron chi connectivity index (χ2n) is 5.26. The van der Waals surface area contributed by atoms with Crippen molar-refractivity contribution >= 4 is 28.1 Å². The van der Waals surface area contributed by atoms with Crippen molar-refractivity contribution in [1.29, 1.82) is 0 Å². The number of benzene rings is 2. The van der Waals surface area contributed by atoms with Crippen LogP contribution in [0.3, 0.4) is 0 Å². The largest absolute Gasteiger partial charge is 0.399 e. The third-order valence-corrected chi connectivity index (χ3v) is 5.14. The molecule has 23 heavy (non-hydrogen) atoms. The minimum absolute atomic E-state index is 0. The first-order chi connectivity index (χ1) is 10.3. The number of hydrogen-bond acceptors (Lipinski definition) is 3. The molecule has 126 valence electrons. The molecule has 0 radical (unpaired) electrons. The monoisotopic (exact) mass is 358 g/mol. The van der Waals surface area contributed by atoms with Crippen molar-refractivity contribution in [1.82, 2.24) is 4.72 Å². The molecular formula is C16H20ClFN2O2S. The molecule has 0 aliphatic heterocycles. The van der Waals surface area contributed by atoms with Gasteiger partial charge < -0.3 is 5.73 Å². The van der Waals surface area contributed by atoms with Gasteiger partial charge in [0.2, 0.25) is 10.0 Å². The van der Waals surface area contributed by atoms with Crippen LogP contribution in [0.2, 0.25) is 0 Å². The Bertz CT molecular complexity index is 754. The van der Waals surface area contributed by atoms with Gasteiger partial charge in [-0.2, -0.15) is 0 Å². The van der Waals surface area contributed by atoms with Crippen LogP contribution in [0, 0.1) is 19.7 Å². The Kier molecular flexibility index (Phi) is 6.56. The van der Waals surface area contributed by atoms with Gasteiger partial charge in [0.25, 0.3) is 0 Å². The minimum atomic E-state index is -3.66. The van der Waals surface area contributed by atoms with Gasteiger partial charge in [0.05, 0.1) is 4.90 Å². The number of aryl methyl sites for hydroxylation is 2. The van der Waals surface area contributed by atoms with Crippen LogP contribution in [-0.2, 0) is 16.4 Å². The van der Waals surface area contributed by atoms with Crippen LogP contribution < -0.4 is 10.5 Å². The number of nitrogens with two attached hydrogens (primary N) is 1. The summed E-state index contributed by atoms with van der Waals surface area (Å²) in [5.41, 5.74) is 8.06. The van der Waals surface area contributed by atoms with Gasteiger partial charge in [-0.15, -0.1) is 12.4 Å². The fourth-order valence-electron chi connectivity index (χ4n) is 2.41. The molecule has 4 nitrogen and oxygen atoms in total. The van der Waals surface area contributed by atoms with Gasteiger partial charge in [0.15, 0.2) is 0 Å². The van der Waals surface area contributed by atoms with E-state index in [1.165, 1.54) is 12.1 Å². The van der Waals surface area contributed by atoms with Crippen molar-refractivity contribution in [2.45, 2.75) is 25.2 Å². The third kappa shape index (κ3) is 4.92. The summed E-state index contributed by atoms with van der Waals surface area (Å²) >= 11 is 0. The Hall–Kier alpha value is -1.63. The van der Waals surface area contributed by atoms with Gasteiger partial charge in [-0.1, -0.05) is 12.1 Å². The van der Waals surface area contributed by atoms with Crippen molar-refractivity contribution in [3.8, 4) is 0 Å². The zero-order chi connectivity index (χ0) is 16.3. The first-order valence-electron chi connectivity index (χ1n) is 6.90. The molecule has 2 aromatic carbocycles. The zero-order valence-electron chi connectivity index (χ0n) is 13.0. The van der Waals surface area contributed by atoms with Crippen molar-refractivity contribution in [3.05, 3.63) is 58.9 Å². The van der Waals surface area contributed by atoms with E-state index in [1.807, 2.05) is 12.1 Å². The van der Waals surface area contributed by atoms with Crippen LogP contribution in [-0.4, -0.2) is 15.0 Å². The molecule has 0 aliphatic rings. The lowest BCUT2D eigenvalue weighted by Gasteiger charge is -2.12. The average Bonchev–Trinajstić information content (AvgIpc) is 2.39. The van der Waals surface area contributed by atoms with Gasteiger partial charge in [0.1, 0.15) is 5.82 Å². The van der Waals surface area contributed by atoms with E-state index in [0.717, 1.165) is 5.56 Å². The standard InChI is InChI=1S/C16H19FN2O2S.ClH/c1-11-9-14(17)10-12(2)16(11)22(20,21)19-8-7-13-3-5-15(18)6-4-13;/h3-6,9-10,19H,7-8,18H2,1-2H3;1H. The van der Waals surface area contributed by atoms with Crippen LogP contribution in [0.1, 0.15) is 16.7 Å². The smallest absolute Gasteiger partial charge is 0.241 e. The van der Waals surface area contributed by atoms with E-state index >= 15 is 0 Å². The summed E-state index contributed by atoms with van der Waals surface area (Å²) in [6.07, 6.45) is 0.554. The molecule has 3 N–H and O–H groups in total. The van der Waals surface area contributed by atoms with Crippen LogP contribution in [0.15, 0.2) is 41.3 Å². The van der Waals surface area contributed by atoms with E-state index in [2.05, 4.69) is 4.72 Å². The lowest BCUT2D eigenvalue weighted by molar-refractivity contribution is 0.579. The third-order valence-electron chi connectivity index (χ3n) is 3.38. The summed E-state index contributed by atoms with van der Waals surface area (Å²) in [6, 6.07) is 9.72. The lowest BCUT2D eigenvalue weighted by atomic mass is 10.1. The molecule has 0 saturated carbocycles. The fraction of sp³-hybridized carbons (Fsp3) is 0.250. The molecule has 0 amide bonds. The summed E-state index contributed by atoms with van der Waals surface area (Å²) in [5.74, 6) is -0.434. The topological polar surface area (TPSA) is 72.2 Å². The van der Waals surface area contributed by atoms with Crippen molar-refractivity contribution < 1.29 is 12.8 Å². The molecule has 7 heteroatoms. The second-order valence-corrected chi connectivity index (χ2v) is 6.96. The molecule has 0 bridgehead atoms. The number of rotatable bonds is 5. The maximum atomic E-state index is 13.3. The first-order valence-corrected chi connectivity index (χ1v) is 8.39. The molecular weight excluding hydrogens is 339 g/mol. The quantitative estimate of drug-likeness (QED) is 0.807. The molecule has 2 rings (SSSR count). The number of hydrogen-bond donors (Lipinski definition) is 2. The zero-order valence-corrected chi connectivity index (χ0v) is 14.6. The number of halogens is 2. The minimum Gasteiger partial charge on any atom is -0.399 e. The predicted molar refractivity (Wildman–Crippen MR) is 92.9 cm³/mol. The Morgan fingerprint density at radius 3 is 2.13 bits per heavy atom. The molecule has 0 aliphatic carbocycles. The second kappa shape index (κ2) is 7.77. The van der Waals surface area contributed by atoms with Crippen LogP contribution in [0.25, 0.3) is 0 Å². The van der Waals surface area contributed by atoms with E-state index in [9.17, 15) is 12.8 Å². The summed E-state index contributed by atoms with van der Waals surface area (Å²) in [7, 11) is -3.66. The fourth-order valence-corrected chi connectivity index (χ4v) is 3.89. The van der Waals surface area contributed by atoms with Crippen molar-refractivity contribution in [3.63, 3.8) is 0 Å². The van der Waals surface area contributed by atoms with Gasteiger partial charge in [0, 0.05) is 12.2 Å². The highest BCUT2D eigenvalue weighted by atomic mass is 35.5. The summed E-state index contributed by atoms with van der Waals surface area (Å²) in [5, 5.41) is 0. The highest BCUT2D eigenvalue weighted by molar-refractivity contribution is 7.89. The summed E-state index contributed by atoms with van der Waals surface area (Å²) in [6.45, 7) is 3.44. The Morgan fingerprint density at radius 1 is 1.09 bits per heavy atom. The van der Waals surface area contributed by atoms with Crippen molar-refractivity contribution in [2.24, 2.45) is 0 Å². The highest BCUT2D eigenvalue weighted by Crippen LogP contribution is 2.21. The molecule has 2 aromatic rings.